The summed E-state index contributed by atoms with van der Waals surface area (Å²) in [6.07, 6.45) is 2.81. The number of nitrogens with two attached hydrogens (primary N) is 2. The number of phenolic OH excluding ortho intramolecular Hbond substituents is 1. The number of fused-ring (bicyclic) bond motifs is 2. The highest BCUT2D eigenvalue weighted by atomic mass is 16.5. The van der Waals surface area contributed by atoms with E-state index in [4.69, 9.17) is 26.2 Å². The molecule has 5 N–H and O–H groups in total. The van der Waals surface area contributed by atoms with E-state index < -0.39 is 5.91 Å². The van der Waals surface area contributed by atoms with Crippen LogP contribution in [0.5, 0.6) is 5.75 Å². The first-order valence-electron chi connectivity index (χ1n) is 10.4. The summed E-state index contributed by atoms with van der Waals surface area (Å²) in [5.74, 6) is -0.417. The van der Waals surface area contributed by atoms with Gasteiger partial charge in [0, 0.05) is 11.1 Å². The van der Waals surface area contributed by atoms with Gasteiger partial charge in [-0.3, -0.25) is 9.36 Å². The van der Waals surface area contributed by atoms with Crippen LogP contribution in [-0.4, -0.2) is 38.8 Å². The number of rotatable bonds is 3. The van der Waals surface area contributed by atoms with Crippen LogP contribution < -0.4 is 11.5 Å². The fraction of sp³-hybridized carbons (Fsp3) is 0.208. The number of carbonyl (C=O) groups is 1. The second-order valence-electron chi connectivity index (χ2n) is 7.96. The minimum atomic E-state index is -0.682. The predicted octanol–water partition coefficient (Wildman–Crippen LogP) is 3.38. The van der Waals surface area contributed by atoms with Crippen LogP contribution in [0.25, 0.3) is 33.5 Å². The van der Waals surface area contributed by atoms with Crippen molar-refractivity contribution in [2.24, 2.45) is 5.73 Å². The maximum atomic E-state index is 12.4. The van der Waals surface area contributed by atoms with Crippen molar-refractivity contribution in [3.8, 4) is 11.4 Å². The molecule has 1 aliphatic heterocycles. The van der Waals surface area contributed by atoms with Crippen molar-refractivity contribution in [2.75, 3.05) is 18.9 Å². The molecule has 1 amide bonds. The minimum absolute atomic E-state index is 0.118. The molecule has 0 atom stereocenters. The third-order valence-electron chi connectivity index (χ3n) is 6.01. The van der Waals surface area contributed by atoms with Gasteiger partial charge in [0.2, 0.25) is 0 Å². The third-order valence-corrected chi connectivity index (χ3v) is 6.01. The van der Waals surface area contributed by atoms with E-state index in [1.807, 2.05) is 31.2 Å². The zero-order valence-electron chi connectivity index (χ0n) is 17.8. The number of primary amides is 1. The first kappa shape index (κ1) is 20.0. The average Bonchev–Trinajstić information content (AvgIpc) is 3.06. The zero-order valence-corrected chi connectivity index (χ0v) is 17.8. The lowest BCUT2D eigenvalue weighted by Gasteiger charge is -2.16. The molecule has 5 rings (SSSR count). The van der Waals surface area contributed by atoms with Crippen molar-refractivity contribution < 1.29 is 14.6 Å². The predicted molar refractivity (Wildman–Crippen MR) is 124 cm³/mol. The maximum absolute atomic E-state index is 12.4. The van der Waals surface area contributed by atoms with E-state index in [0.29, 0.717) is 46.7 Å². The fourth-order valence-corrected chi connectivity index (χ4v) is 4.41. The molecule has 1 aliphatic rings. The highest BCUT2D eigenvalue weighted by Gasteiger charge is 2.26. The molecule has 0 fully saturated rings. The number of phenols is 1. The van der Waals surface area contributed by atoms with Gasteiger partial charge in [0.15, 0.2) is 5.65 Å². The van der Waals surface area contributed by atoms with E-state index >= 15 is 0 Å². The van der Waals surface area contributed by atoms with Crippen LogP contribution in [-0.2, 0) is 4.74 Å². The molecule has 2 aromatic heterocycles. The van der Waals surface area contributed by atoms with Gasteiger partial charge in [-0.1, -0.05) is 24.3 Å². The number of benzene rings is 2. The molecular formula is C24H23N5O3. The lowest BCUT2D eigenvalue weighted by molar-refractivity contribution is 0.100. The Morgan fingerprint density at radius 2 is 1.97 bits per heavy atom. The van der Waals surface area contributed by atoms with E-state index in [1.165, 1.54) is 0 Å². The van der Waals surface area contributed by atoms with Gasteiger partial charge < -0.3 is 21.3 Å². The van der Waals surface area contributed by atoms with Crippen molar-refractivity contribution in [2.45, 2.75) is 20.3 Å². The Hall–Kier alpha value is -3.91. The largest absolute Gasteiger partial charge is 0.508 e. The molecule has 0 radical (unpaired) electrons. The molecule has 0 aliphatic carbocycles. The van der Waals surface area contributed by atoms with Crippen LogP contribution in [0.4, 0.5) is 5.82 Å². The lowest BCUT2D eigenvalue weighted by Crippen LogP contribution is -2.14. The Morgan fingerprint density at radius 1 is 1.16 bits per heavy atom. The Balaban J connectivity index is 1.90. The number of nitrogens with zero attached hydrogens (tertiary/aromatic N) is 3. The summed E-state index contributed by atoms with van der Waals surface area (Å²) in [6.45, 7) is 4.88. The number of carbonyl (C=O) groups excluding carboxylic acids is 1. The number of aromatic hydroxyl groups is 1. The second kappa shape index (κ2) is 7.35. The van der Waals surface area contributed by atoms with E-state index in [-0.39, 0.29) is 17.1 Å². The van der Waals surface area contributed by atoms with Crippen LogP contribution in [0, 0.1) is 13.8 Å². The molecule has 0 bridgehead atoms. The molecule has 3 heterocycles. The molecule has 8 nitrogen and oxygen atoms in total. The van der Waals surface area contributed by atoms with Crippen LogP contribution in [0.2, 0.25) is 0 Å². The van der Waals surface area contributed by atoms with Crippen molar-refractivity contribution in [3.05, 3.63) is 58.7 Å². The van der Waals surface area contributed by atoms with Crippen LogP contribution in [0.1, 0.15) is 33.5 Å². The number of anilines is 1. The van der Waals surface area contributed by atoms with Gasteiger partial charge in [0.25, 0.3) is 5.91 Å². The summed E-state index contributed by atoms with van der Waals surface area (Å²) in [5, 5.41) is 10.3. The summed E-state index contributed by atoms with van der Waals surface area (Å²) in [6, 6.07) is 9.22. The van der Waals surface area contributed by atoms with Crippen LogP contribution >= 0.6 is 0 Å². The topological polar surface area (TPSA) is 129 Å². The number of ether oxygens (including phenoxy) is 1. The van der Waals surface area contributed by atoms with Gasteiger partial charge in [-0.25, -0.2) is 9.97 Å². The summed E-state index contributed by atoms with van der Waals surface area (Å²) in [5.41, 5.74) is 18.6. The second-order valence-corrected chi connectivity index (χ2v) is 7.96. The third kappa shape index (κ3) is 2.91. The first-order chi connectivity index (χ1) is 15.4. The van der Waals surface area contributed by atoms with Gasteiger partial charge >= 0.3 is 0 Å². The monoisotopic (exact) mass is 429 g/mol. The van der Waals surface area contributed by atoms with Gasteiger partial charge in [0.1, 0.15) is 22.6 Å². The van der Waals surface area contributed by atoms with Gasteiger partial charge in [0.05, 0.1) is 29.9 Å². The smallest absolute Gasteiger partial charge is 0.254 e. The molecule has 2 aromatic carbocycles. The Bertz CT molecular complexity index is 1450. The number of hydrogen-bond donors (Lipinski definition) is 3. The maximum Gasteiger partial charge on any atom is 0.254 e. The minimum Gasteiger partial charge on any atom is -0.508 e. The first-order valence-corrected chi connectivity index (χ1v) is 10.4. The van der Waals surface area contributed by atoms with Crippen LogP contribution in [0.3, 0.4) is 0 Å². The van der Waals surface area contributed by atoms with Crippen molar-refractivity contribution in [3.63, 3.8) is 0 Å². The number of amides is 1. The SMILES string of the molecule is Cc1ccc(O)c(C)c1-n1c(N)c(C(N)=O)c2nc3c(C4=CCOCC4)cccc3nc21. The van der Waals surface area contributed by atoms with Gasteiger partial charge in [-0.15, -0.1) is 0 Å². The molecule has 8 heteroatoms. The molecular weight excluding hydrogens is 406 g/mol. The van der Waals surface area contributed by atoms with Gasteiger partial charge in [-0.05, 0) is 43.5 Å². The van der Waals surface area contributed by atoms with Crippen molar-refractivity contribution >= 4 is 39.5 Å². The van der Waals surface area contributed by atoms with Crippen molar-refractivity contribution in [1.82, 2.24) is 14.5 Å². The zero-order chi connectivity index (χ0) is 22.6. The molecule has 4 aromatic rings. The highest BCUT2D eigenvalue weighted by molar-refractivity contribution is 6.11. The number of aromatic nitrogens is 3. The average molecular weight is 429 g/mol. The Morgan fingerprint density at radius 3 is 2.69 bits per heavy atom. The number of aryl methyl sites for hydroxylation is 1. The summed E-state index contributed by atoms with van der Waals surface area (Å²) in [4.78, 5) is 22.1. The fourth-order valence-electron chi connectivity index (χ4n) is 4.41. The summed E-state index contributed by atoms with van der Waals surface area (Å²) < 4.78 is 7.10. The Labute approximate surface area is 184 Å². The van der Waals surface area contributed by atoms with E-state index in [0.717, 1.165) is 23.1 Å². The molecule has 0 spiro atoms. The normalized spacial score (nSPS) is 14.1. The van der Waals surface area contributed by atoms with E-state index in [9.17, 15) is 9.90 Å². The molecule has 32 heavy (non-hydrogen) atoms. The summed E-state index contributed by atoms with van der Waals surface area (Å²) in [7, 11) is 0. The van der Waals surface area contributed by atoms with Crippen LogP contribution in [0.15, 0.2) is 36.4 Å². The quantitative estimate of drug-likeness (QED) is 0.458. The molecule has 0 unspecified atom stereocenters. The van der Waals surface area contributed by atoms with Gasteiger partial charge in [-0.2, -0.15) is 0 Å². The van der Waals surface area contributed by atoms with E-state index in [1.54, 1.807) is 23.6 Å². The highest BCUT2D eigenvalue weighted by Crippen LogP contribution is 2.36. The van der Waals surface area contributed by atoms with E-state index in [2.05, 4.69) is 0 Å². The Kier molecular flexibility index (Phi) is 4.60. The number of hydrogen-bond acceptors (Lipinski definition) is 6. The molecule has 0 saturated carbocycles. The molecule has 0 saturated heterocycles. The lowest BCUT2D eigenvalue weighted by atomic mass is 10.00. The standard InChI is InChI=1S/C24H23N5O3/c1-12-6-7-17(30)13(2)21(12)29-22(25)18(23(26)31)20-24(29)27-16-5-3-4-15(19(16)28-20)14-8-10-32-11-9-14/h3-8,30H,9-11,25H2,1-2H3,(H2,26,31). The number of para-hydroxylation sites is 1. The molecule has 162 valence electrons. The number of nitrogen functional groups attached to an aromatic ring is 1. The van der Waals surface area contributed by atoms with Crippen molar-refractivity contribution in [1.29, 1.82) is 0 Å². The summed E-state index contributed by atoms with van der Waals surface area (Å²) >= 11 is 0.